The molecule has 0 bridgehead atoms. The summed E-state index contributed by atoms with van der Waals surface area (Å²) in [6, 6.07) is 16.7. The van der Waals surface area contributed by atoms with Crippen molar-refractivity contribution < 1.29 is 51.2 Å². The Bertz CT molecular complexity index is 2390. The lowest BCUT2D eigenvalue weighted by molar-refractivity contribution is -0.287. The number of hydrogen-bond acceptors (Lipinski definition) is 9. The van der Waals surface area contributed by atoms with Gasteiger partial charge in [-0.3, -0.25) is 9.59 Å². The Morgan fingerprint density at radius 1 is 0.629 bits per heavy atom. The van der Waals surface area contributed by atoms with E-state index in [1.54, 1.807) is 18.2 Å². The number of aliphatic hydroxyl groups is 1. The van der Waals surface area contributed by atoms with E-state index >= 15 is 0 Å². The lowest BCUT2D eigenvalue weighted by Gasteiger charge is -2.23. The highest BCUT2D eigenvalue weighted by Crippen LogP contribution is 2.54. The number of alkyl halides is 4. The van der Waals surface area contributed by atoms with Crippen molar-refractivity contribution in [3.63, 3.8) is 0 Å². The van der Waals surface area contributed by atoms with Crippen LogP contribution in [0.2, 0.25) is 0 Å². The van der Waals surface area contributed by atoms with Crippen molar-refractivity contribution >= 4 is 29.0 Å². The van der Waals surface area contributed by atoms with Gasteiger partial charge in [0, 0.05) is 18.7 Å². The first kappa shape index (κ1) is 43.0. The summed E-state index contributed by atoms with van der Waals surface area (Å²) >= 11 is 0. The van der Waals surface area contributed by atoms with Gasteiger partial charge in [0.05, 0.1) is 16.5 Å². The molecule has 2 aliphatic heterocycles. The van der Waals surface area contributed by atoms with Crippen molar-refractivity contribution in [1.29, 1.82) is 0 Å². The van der Waals surface area contributed by atoms with Crippen LogP contribution in [0.4, 0.5) is 29.2 Å². The van der Waals surface area contributed by atoms with Gasteiger partial charge in [0.15, 0.2) is 23.0 Å². The van der Waals surface area contributed by atoms with Gasteiger partial charge < -0.3 is 34.7 Å². The molecular weight excluding hydrogens is 809 g/mol. The van der Waals surface area contributed by atoms with Crippen LogP contribution < -0.4 is 29.6 Å². The summed E-state index contributed by atoms with van der Waals surface area (Å²) in [4.78, 5) is 35.7. The van der Waals surface area contributed by atoms with Crippen LogP contribution in [0, 0.1) is 13.8 Å². The number of aliphatic hydroxyl groups excluding tert-OH is 1. The van der Waals surface area contributed by atoms with Gasteiger partial charge in [-0.05, 0) is 142 Å². The molecule has 2 amide bonds. The lowest BCUT2D eigenvalue weighted by Crippen LogP contribution is -2.28. The molecule has 328 valence electrons. The zero-order chi connectivity index (χ0) is 43.9. The van der Waals surface area contributed by atoms with Crippen LogP contribution in [0.25, 0.3) is 5.57 Å². The van der Waals surface area contributed by atoms with Crippen molar-refractivity contribution in [2.75, 3.05) is 17.7 Å². The second-order valence-electron chi connectivity index (χ2n) is 16.8. The number of halogens is 4. The average molecular weight is 859 g/mol. The second-order valence-corrected chi connectivity index (χ2v) is 16.8. The Kier molecular flexibility index (Phi) is 11.7. The lowest BCUT2D eigenvalue weighted by atomic mass is 9.85. The summed E-state index contributed by atoms with van der Waals surface area (Å²) in [5.74, 6) is 1.02. The van der Waals surface area contributed by atoms with Crippen molar-refractivity contribution in [3.8, 4) is 23.0 Å². The molecule has 10 rings (SSSR count). The van der Waals surface area contributed by atoms with Crippen LogP contribution in [-0.2, 0) is 20.4 Å². The van der Waals surface area contributed by atoms with Crippen LogP contribution in [0.5, 0.6) is 23.0 Å². The number of aryl methyl sites for hydroxylation is 2. The molecule has 2 aromatic heterocycles. The fourth-order valence-corrected chi connectivity index (χ4v) is 8.89. The van der Waals surface area contributed by atoms with Crippen molar-refractivity contribution in [3.05, 3.63) is 100 Å². The first-order chi connectivity index (χ1) is 29.7. The number of anilines is 2. The highest BCUT2D eigenvalue weighted by atomic mass is 19.3. The molecule has 3 saturated carbocycles. The number of carbonyl (C=O) groups excluding carboxylic acids is 2. The first-order valence-corrected chi connectivity index (χ1v) is 21.3. The van der Waals surface area contributed by atoms with E-state index in [-0.39, 0.29) is 34.8 Å². The summed E-state index contributed by atoms with van der Waals surface area (Å²) in [7, 11) is 1.00. The van der Waals surface area contributed by atoms with E-state index in [9.17, 15) is 27.2 Å². The summed E-state index contributed by atoms with van der Waals surface area (Å²) in [6.45, 7) is 4.08. The number of fused-ring (bicyclic) bond motifs is 2. The van der Waals surface area contributed by atoms with Crippen molar-refractivity contribution in [2.24, 2.45) is 0 Å². The molecule has 0 saturated heterocycles. The molecule has 11 nitrogen and oxygen atoms in total. The summed E-state index contributed by atoms with van der Waals surface area (Å²) in [6.07, 6.45) is 7.85. The number of rotatable bonds is 8. The van der Waals surface area contributed by atoms with E-state index in [1.807, 2.05) is 25.1 Å². The number of ether oxygens (including phenoxy) is 4. The van der Waals surface area contributed by atoms with Gasteiger partial charge >= 0.3 is 12.6 Å². The molecular formula is C47H50F4N4O7. The smallest absolute Gasteiger partial charge is 0.400 e. The molecule has 4 aromatic rings. The monoisotopic (exact) mass is 858 g/mol. The van der Waals surface area contributed by atoms with Crippen LogP contribution in [-0.4, -0.2) is 46.6 Å². The average Bonchev–Trinajstić information content (AvgIpc) is 4.19. The zero-order valence-corrected chi connectivity index (χ0v) is 34.9. The number of carbonyl (C=O) groups is 2. The van der Waals surface area contributed by atoms with Crippen molar-refractivity contribution in [1.82, 2.24) is 9.97 Å². The Morgan fingerprint density at radius 2 is 1.13 bits per heavy atom. The van der Waals surface area contributed by atoms with Crippen LogP contribution in [0.15, 0.2) is 66.7 Å². The topological polar surface area (TPSA) is 141 Å². The van der Waals surface area contributed by atoms with E-state index in [0.29, 0.717) is 54.4 Å². The second kappa shape index (κ2) is 16.9. The Balaban J connectivity index is 0.000000164. The summed E-state index contributed by atoms with van der Waals surface area (Å²) in [5, 5.41) is 12.9. The Labute approximate surface area is 357 Å². The van der Waals surface area contributed by atoms with E-state index < -0.39 is 23.4 Å². The number of aromatic nitrogens is 2. The van der Waals surface area contributed by atoms with Gasteiger partial charge in [-0.25, -0.2) is 9.97 Å². The van der Waals surface area contributed by atoms with E-state index in [0.717, 1.165) is 61.7 Å². The number of pyridine rings is 2. The maximum Gasteiger partial charge on any atom is 0.586 e. The van der Waals surface area contributed by atoms with Gasteiger partial charge in [-0.15, -0.1) is 17.6 Å². The van der Waals surface area contributed by atoms with Gasteiger partial charge in [-0.2, -0.15) is 0 Å². The van der Waals surface area contributed by atoms with Gasteiger partial charge in [0.1, 0.15) is 11.6 Å². The maximum absolute atomic E-state index is 13.3. The summed E-state index contributed by atoms with van der Waals surface area (Å²) < 4.78 is 71.3. The maximum atomic E-state index is 13.3. The minimum absolute atomic E-state index is 0.0164. The molecule has 2 aromatic carbocycles. The standard InChI is InChI=1S/C23H24F2N2O3.C23H22F2N2O3.CH4O/c2*1-14-7-10-19(26-20(14)15-5-3-2-4-6-15)27-21(28)22(11-12-22)16-8-9-17-18(13-16)30-23(24,25)29-17;1-2/h7-10,13,15H,2-6,11-12H2,1H3,(H,26,27,28);5,7-10,13H,2-4,6,11-12H2,1H3,(H,26,27,28);2H,1H3. The number of amides is 2. The molecule has 15 heteroatoms. The number of nitrogens with one attached hydrogen (secondary N) is 2. The van der Waals surface area contributed by atoms with Crippen LogP contribution in [0.1, 0.15) is 123 Å². The quantitative estimate of drug-likeness (QED) is 0.148. The minimum atomic E-state index is -3.67. The minimum Gasteiger partial charge on any atom is -0.400 e. The third kappa shape index (κ3) is 8.81. The molecule has 0 spiro atoms. The first-order valence-electron chi connectivity index (χ1n) is 21.3. The normalized spacial score (nSPS) is 20.3. The molecule has 3 N–H and O–H groups in total. The van der Waals surface area contributed by atoms with Gasteiger partial charge in [-0.1, -0.05) is 49.6 Å². The molecule has 0 unspecified atom stereocenters. The van der Waals surface area contributed by atoms with Gasteiger partial charge in [0.2, 0.25) is 11.8 Å². The van der Waals surface area contributed by atoms with E-state index in [1.165, 1.54) is 55.5 Å². The molecule has 4 aliphatic carbocycles. The Morgan fingerprint density at radius 3 is 1.63 bits per heavy atom. The SMILES string of the molecule is CO.Cc1ccc(NC(=O)C2(c3ccc4c(c3)OC(F)(F)O4)CC2)nc1C1=CCCCC1.Cc1ccc(NC(=O)C2(c3ccc4c(c3)OC(F)(F)O4)CC2)nc1C1CCCCC1. The number of benzene rings is 2. The molecule has 0 radical (unpaired) electrons. The fourth-order valence-electron chi connectivity index (χ4n) is 8.89. The predicted molar refractivity (Wildman–Crippen MR) is 223 cm³/mol. The third-order valence-electron chi connectivity index (χ3n) is 12.6. The molecule has 0 atom stereocenters. The predicted octanol–water partition coefficient (Wildman–Crippen LogP) is 10.4. The zero-order valence-electron chi connectivity index (χ0n) is 34.9. The molecule has 3 fully saturated rings. The Hall–Kier alpha value is -5.70. The molecule has 62 heavy (non-hydrogen) atoms. The highest BCUT2D eigenvalue weighted by molar-refractivity contribution is 6.02. The highest BCUT2D eigenvalue weighted by Gasteiger charge is 2.54. The van der Waals surface area contributed by atoms with E-state index in [2.05, 4.69) is 42.6 Å². The van der Waals surface area contributed by atoms with Gasteiger partial charge in [0.25, 0.3) is 0 Å². The van der Waals surface area contributed by atoms with Crippen LogP contribution in [0.3, 0.4) is 0 Å². The van der Waals surface area contributed by atoms with E-state index in [4.69, 9.17) is 15.1 Å². The number of allylic oxidation sites excluding steroid dienone is 2. The van der Waals surface area contributed by atoms with Crippen molar-refractivity contribution in [2.45, 2.75) is 127 Å². The largest absolute Gasteiger partial charge is 0.586 e. The van der Waals surface area contributed by atoms with Crippen LogP contribution >= 0.6 is 0 Å². The third-order valence-corrected chi connectivity index (χ3v) is 12.6. The fraction of sp³-hybridized carbons (Fsp3) is 0.447. The molecule has 4 heterocycles. The number of hydrogen-bond donors (Lipinski definition) is 3. The summed E-state index contributed by atoms with van der Waals surface area (Å²) in [5.41, 5.74) is 5.26. The number of nitrogens with zero attached hydrogens (tertiary/aromatic N) is 2. The molecule has 6 aliphatic rings.